The van der Waals surface area contributed by atoms with E-state index in [2.05, 4.69) is 20.0 Å². The molecule has 0 amide bonds. The lowest BCUT2D eigenvalue weighted by Crippen LogP contribution is -2.42. The highest BCUT2D eigenvalue weighted by Gasteiger charge is 2.35. The molecule has 1 aromatic heterocycles. The number of nitrogens with one attached hydrogen (secondary N) is 2. The average Bonchev–Trinajstić information content (AvgIpc) is 2.72. The highest BCUT2D eigenvalue weighted by molar-refractivity contribution is 7.90. The second-order valence-corrected chi connectivity index (χ2v) is 9.67. The van der Waals surface area contributed by atoms with Crippen molar-refractivity contribution in [3.8, 4) is 0 Å². The van der Waals surface area contributed by atoms with Gasteiger partial charge in [0, 0.05) is 11.6 Å². The summed E-state index contributed by atoms with van der Waals surface area (Å²) in [5.74, 6) is -0.313. The molecular formula is C22H20ClFN4O2S. The topological polar surface area (TPSA) is 83.4 Å². The predicted octanol–water partition coefficient (Wildman–Crippen LogP) is 4.46. The number of guanidine groups is 1. The maximum Gasteiger partial charge on any atom is 0.266 e. The quantitative estimate of drug-likeness (QED) is 0.604. The Morgan fingerprint density at radius 1 is 1.06 bits per heavy atom. The summed E-state index contributed by atoms with van der Waals surface area (Å²) in [6.45, 7) is 3.78. The largest absolute Gasteiger partial charge is 0.324 e. The number of hydrogen-bond donors (Lipinski definition) is 2. The van der Waals surface area contributed by atoms with Crippen LogP contribution in [0.3, 0.4) is 0 Å². The third-order valence-electron chi connectivity index (χ3n) is 5.23. The van der Waals surface area contributed by atoms with Gasteiger partial charge in [-0.3, -0.25) is 4.98 Å². The highest BCUT2D eigenvalue weighted by Crippen LogP contribution is 2.40. The van der Waals surface area contributed by atoms with Gasteiger partial charge in [-0.1, -0.05) is 55.8 Å². The summed E-state index contributed by atoms with van der Waals surface area (Å²) >= 11 is 6.12. The third-order valence-corrected chi connectivity index (χ3v) is 6.96. The van der Waals surface area contributed by atoms with Gasteiger partial charge >= 0.3 is 0 Å². The Balaban J connectivity index is 1.79. The molecule has 2 N–H and O–H groups in total. The first kappa shape index (κ1) is 21.3. The number of pyridine rings is 1. The van der Waals surface area contributed by atoms with Gasteiger partial charge in [-0.2, -0.15) is 0 Å². The summed E-state index contributed by atoms with van der Waals surface area (Å²) in [6.07, 6.45) is 1.59. The predicted molar refractivity (Wildman–Crippen MR) is 119 cm³/mol. The van der Waals surface area contributed by atoms with E-state index in [0.717, 1.165) is 0 Å². The van der Waals surface area contributed by atoms with Crippen LogP contribution in [-0.4, -0.2) is 19.4 Å². The van der Waals surface area contributed by atoms with Crippen molar-refractivity contribution in [1.29, 1.82) is 0 Å². The van der Waals surface area contributed by atoms with Crippen LogP contribution in [0.15, 0.2) is 70.7 Å². The number of nitrogens with zero attached hydrogens (tertiary/aromatic N) is 2. The molecule has 4 rings (SSSR count). The molecule has 0 spiro atoms. The Bertz CT molecular complexity index is 1290. The molecule has 0 fully saturated rings. The molecule has 0 saturated carbocycles. The van der Waals surface area contributed by atoms with Crippen LogP contribution in [0.5, 0.6) is 0 Å². The smallest absolute Gasteiger partial charge is 0.266 e. The molecule has 31 heavy (non-hydrogen) atoms. The van der Waals surface area contributed by atoms with E-state index < -0.39 is 15.4 Å². The summed E-state index contributed by atoms with van der Waals surface area (Å²) < 4.78 is 42.8. The van der Waals surface area contributed by atoms with Crippen LogP contribution in [-0.2, 0) is 22.0 Å². The van der Waals surface area contributed by atoms with Crippen LogP contribution in [0.25, 0.3) is 0 Å². The first-order valence-electron chi connectivity index (χ1n) is 9.52. The molecule has 9 heteroatoms. The van der Waals surface area contributed by atoms with Gasteiger partial charge in [0.25, 0.3) is 10.0 Å². The maximum atomic E-state index is 14.6. The van der Waals surface area contributed by atoms with Crippen molar-refractivity contribution in [2.75, 3.05) is 5.32 Å². The van der Waals surface area contributed by atoms with Crippen molar-refractivity contribution >= 4 is 33.3 Å². The van der Waals surface area contributed by atoms with Crippen LogP contribution < -0.4 is 10.0 Å². The molecule has 0 unspecified atom stereocenters. The summed E-state index contributed by atoms with van der Waals surface area (Å²) in [6, 6.07) is 14.8. The molecule has 3 aromatic rings. The molecule has 1 aliphatic heterocycles. The van der Waals surface area contributed by atoms with Gasteiger partial charge in [0.2, 0.25) is 5.96 Å². The zero-order chi connectivity index (χ0) is 22.2. The van der Waals surface area contributed by atoms with Gasteiger partial charge in [-0.15, -0.1) is 0 Å². The van der Waals surface area contributed by atoms with Crippen molar-refractivity contribution in [1.82, 2.24) is 9.71 Å². The second-order valence-electron chi connectivity index (χ2n) is 7.61. The summed E-state index contributed by atoms with van der Waals surface area (Å²) in [5, 5.41) is 3.51. The number of halogens is 2. The van der Waals surface area contributed by atoms with E-state index in [1.54, 1.807) is 48.7 Å². The van der Waals surface area contributed by atoms with E-state index in [0.29, 0.717) is 27.5 Å². The van der Waals surface area contributed by atoms with E-state index >= 15 is 0 Å². The van der Waals surface area contributed by atoms with Gasteiger partial charge in [0.15, 0.2) is 0 Å². The molecule has 0 aliphatic carbocycles. The molecule has 2 heterocycles. The highest BCUT2D eigenvalue weighted by atomic mass is 35.5. The Morgan fingerprint density at radius 3 is 2.55 bits per heavy atom. The van der Waals surface area contributed by atoms with Gasteiger partial charge in [0.1, 0.15) is 10.7 Å². The van der Waals surface area contributed by atoms with E-state index in [1.165, 1.54) is 12.1 Å². The molecule has 160 valence electrons. The van der Waals surface area contributed by atoms with Crippen LogP contribution in [0.1, 0.15) is 30.7 Å². The Labute approximate surface area is 185 Å². The second kappa shape index (κ2) is 7.94. The van der Waals surface area contributed by atoms with E-state index in [-0.39, 0.29) is 23.2 Å². The molecule has 1 aliphatic rings. The lowest BCUT2D eigenvalue weighted by Gasteiger charge is -2.32. The fourth-order valence-electron chi connectivity index (χ4n) is 3.60. The Kier molecular flexibility index (Phi) is 5.45. The normalized spacial score (nSPS) is 16.3. The number of aromatic nitrogens is 1. The van der Waals surface area contributed by atoms with Crippen molar-refractivity contribution in [3.05, 3.63) is 88.5 Å². The summed E-state index contributed by atoms with van der Waals surface area (Å²) in [7, 11) is -3.87. The fraction of sp³-hybridized carbons (Fsp3) is 0.182. The molecule has 6 nitrogen and oxygen atoms in total. The standard InChI is InChI=1S/C22H20ClFN4O2S/c1-22(2,14-7-3-4-10-17(14)24)15-8-5-11-19-20(15)27-21(28-31(19,29)30)26-13-18-16(23)9-6-12-25-18/h3-12H,13H2,1-2H3,(H2,26,27,28). The Hall–Kier alpha value is -2.97. The number of sulfonamides is 1. The van der Waals surface area contributed by atoms with Crippen molar-refractivity contribution in [2.45, 2.75) is 30.7 Å². The van der Waals surface area contributed by atoms with Crippen molar-refractivity contribution in [2.24, 2.45) is 4.99 Å². The first-order valence-corrected chi connectivity index (χ1v) is 11.4. The molecule has 0 saturated heterocycles. The number of anilines is 1. The lowest BCUT2D eigenvalue weighted by molar-refractivity contribution is 0.548. The SMILES string of the molecule is CC(C)(c1ccccc1F)c1cccc2c1NC(=NCc1ncccc1Cl)NS2(=O)=O. The third kappa shape index (κ3) is 4.00. The number of fused-ring (bicyclic) bond motifs is 1. The van der Waals surface area contributed by atoms with Crippen molar-refractivity contribution in [3.63, 3.8) is 0 Å². The maximum absolute atomic E-state index is 14.6. The van der Waals surface area contributed by atoms with Gasteiger partial charge < -0.3 is 5.32 Å². The summed E-state index contributed by atoms with van der Waals surface area (Å²) in [4.78, 5) is 8.55. The zero-order valence-corrected chi connectivity index (χ0v) is 18.4. The average molecular weight is 459 g/mol. The minimum Gasteiger partial charge on any atom is -0.324 e. The number of aliphatic imine (C=N–C) groups is 1. The van der Waals surface area contributed by atoms with Crippen molar-refractivity contribution < 1.29 is 12.8 Å². The number of rotatable bonds is 4. The van der Waals surface area contributed by atoms with Crippen LogP contribution in [0.4, 0.5) is 10.1 Å². The monoisotopic (exact) mass is 458 g/mol. The van der Waals surface area contributed by atoms with Crippen LogP contribution >= 0.6 is 11.6 Å². The molecule has 0 bridgehead atoms. The first-order chi connectivity index (χ1) is 14.7. The van der Waals surface area contributed by atoms with Crippen LogP contribution in [0.2, 0.25) is 5.02 Å². The number of hydrogen-bond acceptors (Lipinski definition) is 4. The zero-order valence-electron chi connectivity index (χ0n) is 16.9. The van der Waals surface area contributed by atoms with Gasteiger partial charge in [-0.25, -0.2) is 22.5 Å². The van der Waals surface area contributed by atoms with Gasteiger partial charge in [0.05, 0.1) is 22.9 Å². The van der Waals surface area contributed by atoms with Gasteiger partial charge in [-0.05, 0) is 35.4 Å². The summed E-state index contributed by atoms with van der Waals surface area (Å²) in [5.41, 5.74) is 1.15. The molecular weight excluding hydrogens is 439 g/mol. The number of benzene rings is 2. The van der Waals surface area contributed by atoms with E-state index in [9.17, 15) is 12.8 Å². The number of para-hydroxylation sites is 1. The Morgan fingerprint density at radius 2 is 1.81 bits per heavy atom. The molecule has 2 aromatic carbocycles. The minimum atomic E-state index is -3.87. The molecule has 0 atom stereocenters. The lowest BCUT2D eigenvalue weighted by atomic mass is 9.77. The molecule has 0 radical (unpaired) electrons. The van der Waals surface area contributed by atoms with E-state index in [4.69, 9.17) is 11.6 Å². The van der Waals surface area contributed by atoms with Crippen LogP contribution in [0, 0.1) is 5.82 Å². The van der Waals surface area contributed by atoms with E-state index in [1.807, 2.05) is 13.8 Å². The minimum absolute atomic E-state index is 0.0472. The fourth-order valence-corrected chi connectivity index (χ4v) is 4.95.